The summed E-state index contributed by atoms with van der Waals surface area (Å²) in [6.07, 6.45) is 2.45. The van der Waals surface area contributed by atoms with Crippen LogP contribution in [0.15, 0.2) is 0 Å². The Morgan fingerprint density at radius 2 is 2.40 bits per heavy atom. The molecule has 0 aromatic heterocycles. The van der Waals surface area contributed by atoms with E-state index in [2.05, 4.69) is 0 Å². The van der Waals surface area contributed by atoms with Crippen molar-refractivity contribution in [2.45, 2.75) is 26.2 Å². The first-order valence-electron chi connectivity index (χ1n) is 3.72. The monoisotopic (exact) mass is 138 g/mol. The molecule has 2 aliphatic rings. The molecule has 2 heteroatoms. The summed E-state index contributed by atoms with van der Waals surface area (Å²) in [5, 5.41) is 0. The Hall–Kier alpha value is -0.660. The maximum absolute atomic E-state index is 11.2. The molecule has 0 amide bonds. The molecular formula is C8H10O2. The zero-order valence-electron chi connectivity index (χ0n) is 6.02. The Balaban J connectivity index is 2.33. The van der Waals surface area contributed by atoms with Gasteiger partial charge in [0.1, 0.15) is 11.6 Å². The van der Waals surface area contributed by atoms with E-state index in [1.54, 1.807) is 6.92 Å². The van der Waals surface area contributed by atoms with Crippen molar-refractivity contribution in [2.24, 2.45) is 11.3 Å². The predicted molar refractivity (Wildman–Crippen MR) is 35.5 cm³/mol. The smallest absolute Gasteiger partial charge is 0.146 e. The summed E-state index contributed by atoms with van der Waals surface area (Å²) < 4.78 is 0. The number of carbonyl (C=O) groups is 2. The van der Waals surface area contributed by atoms with Crippen LogP contribution in [0.1, 0.15) is 26.2 Å². The summed E-state index contributed by atoms with van der Waals surface area (Å²) in [6, 6.07) is 0. The molecule has 0 saturated heterocycles. The summed E-state index contributed by atoms with van der Waals surface area (Å²) >= 11 is 0. The third kappa shape index (κ3) is 0.459. The topological polar surface area (TPSA) is 34.1 Å². The van der Waals surface area contributed by atoms with Crippen LogP contribution in [0.4, 0.5) is 0 Å². The van der Waals surface area contributed by atoms with Crippen LogP contribution >= 0.6 is 0 Å². The van der Waals surface area contributed by atoms with Gasteiger partial charge in [0.05, 0.1) is 5.41 Å². The van der Waals surface area contributed by atoms with E-state index in [0.717, 1.165) is 12.8 Å². The van der Waals surface area contributed by atoms with Gasteiger partial charge in [0.25, 0.3) is 0 Å². The second-order valence-corrected chi connectivity index (χ2v) is 3.39. The molecule has 0 N–H and O–H groups in total. The number of rotatable bonds is 1. The minimum atomic E-state index is -0.458. The number of fused-ring (bicyclic) bond motifs is 1. The fourth-order valence-corrected chi connectivity index (χ4v) is 2.18. The molecule has 0 spiro atoms. The zero-order valence-corrected chi connectivity index (χ0v) is 6.02. The number of carbonyl (C=O) groups excluding carboxylic acids is 2. The maximum Gasteiger partial charge on any atom is 0.146 e. The second kappa shape index (κ2) is 1.49. The van der Waals surface area contributed by atoms with Gasteiger partial charge in [0, 0.05) is 6.42 Å². The lowest BCUT2D eigenvalue weighted by Crippen LogP contribution is -2.20. The van der Waals surface area contributed by atoms with E-state index >= 15 is 0 Å². The summed E-state index contributed by atoms with van der Waals surface area (Å²) in [7, 11) is 0. The minimum Gasteiger partial charge on any atom is -0.299 e. The molecule has 0 aromatic rings. The first-order chi connectivity index (χ1) is 4.68. The van der Waals surface area contributed by atoms with Gasteiger partial charge in [-0.1, -0.05) is 0 Å². The van der Waals surface area contributed by atoms with E-state index in [9.17, 15) is 9.59 Å². The molecular weight excluding hydrogens is 128 g/mol. The molecule has 0 bridgehead atoms. The van der Waals surface area contributed by atoms with Crippen molar-refractivity contribution in [3.8, 4) is 0 Å². The van der Waals surface area contributed by atoms with Crippen LogP contribution in [0.25, 0.3) is 0 Å². The van der Waals surface area contributed by atoms with E-state index in [1.807, 2.05) is 0 Å². The third-order valence-corrected chi connectivity index (χ3v) is 2.95. The predicted octanol–water partition coefficient (Wildman–Crippen LogP) is 0.945. The van der Waals surface area contributed by atoms with Gasteiger partial charge >= 0.3 is 0 Å². The number of hydrogen-bond acceptors (Lipinski definition) is 2. The van der Waals surface area contributed by atoms with Crippen LogP contribution < -0.4 is 0 Å². The third-order valence-electron chi connectivity index (χ3n) is 2.95. The summed E-state index contributed by atoms with van der Waals surface area (Å²) in [5.74, 6) is 0.725. The van der Waals surface area contributed by atoms with Crippen LogP contribution in [0.2, 0.25) is 0 Å². The molecule has 2 nitrogen and oxygen atoms in total. The lowest BCUT2D eigenvalue weighted by molar-refractivity contribution is -0.132. The largest absolute Gasteiger partial charge is 0.299 e. The number of Topliss-reactive ketones (excluding diaryl/α,β-unsaturated/α-hetero) is 2. The highest BCUT2D eigenvalue weighted by molar-refractivity contribution is 6.11. The van der Waals surface area contributed by atoms with Crippen molar-refractivity contribution in [1.82, 2.24) is 0 Å². The maximum atomic E-state index is 11.2. The van der Waals surface area contributed by atoms with Crippen LogP contribution in [0.3, 0.4) is 0 Å². The van der Waals surface area contributed by atoms with Crippen molar-refractivity contribution in [1.29, 1.82) is 0 Å². The van der Waals surface area contributed by atoms with Crippen molar-refractivity contribution >= 4 is 11.6 Å². The molecule has 0 heterocycles. The molecule has 0 aliphatic heterocycles. The first kappa shape index (κ1) is 6.08. The van der Waals surface area contributed by atoms with Crippen molar-refractivity contribution in [2.75, 3.05) is 0 Å². The Labute approximate surface area is 59.6 Å². The normalized spacial score (nSPS) is 43.3. The molecule has 2 saturated carbocycles. The van der Waals surface area contributed by atoms with E-state index in [1.165, 1.54) is 0 Å². The second-order valence-electron chi connectivity index (χ2n) is 3.39. The lowest BCUT2D eigenvalue weighted by Gasteiger charge is -2.02. The van der Waals surface area contributed by atoms with E-state index in [4.69, 9.17) is 0 Å². The molecule has 2 aliphatic carbocycles. The standard InChI is InChI=1S/C8H10O2/c1-5(9)8-4-6(8)2-3-7(8)10/h6H,2-4H2,1H3/t6-,8-/m0/s1. The Bertz CT molecular complexity index is 219. The molecule has 2 rings (SSSR count). The van der Waals surface area contributed by atoms with E-state index < -0.39 is 5.41 Å². The number of ketones is 2. The summed E-state index contributed by atoms with van der Waals surface area (Å²) in [4.78, 5) is 22.2. The molecule has 54 valence electrons. The molecule has 0 unspecified atom stereocenters. The highest BCUT2D eigenvalue weighted by atomic mass is 16.2. The van der Waals surface area contributed by atoms with Gasteiger partial charge in [-0.25, -0.2) is 0 Å². The van der Waals surface area contributed by atoms with Crippen LogP contribution in [-0.4, -0.2) is 11.6 Å². The van der Waals surface area contributed by atoms with Crippen molar-refractivity contribution < 1.29 is 9.59 Å². The molecule has 10 heavy (non-hydrogen) atoms. The summed E-state index contributed by atoms with van der Waals surface area (Å²) in [5.41, 5.74) is -0.458. The van der Waals surface area contributed by atoms with E-state index in [0.29, 0.717) is 12.3 Å². The van der Waals surface area contributed by atoms with Gasteiger partial charge in [0.2, 0.25) is 0 Å². The fraction of sp³-hybridized carbons (Fsp3) is 0.750. The van der Waals surface area contributed by atoms with Gasteiger partial charge in [-0.2, -0.15) is 0 Å². The van der Waals surface area contributed by atoms with Gasteiger partial charge in [0.15, 0.2) is 0 Å². The molecule has 2 fully saturated rings. The highest BCUT2D eigenvalue weighted by Gasteiger charge is 2.65. The highest BCUT2D eigenvalue weighted by Crippen LogP contribution is 2.61. The van der Waals surface area contributed by atoms with Crippen molar-refractivity contribution in [3.05, 3.63) is 0 Å². The Kier molecular flexibility index (Phi) is 0.908. The fourth-order valence-electron chi connectivity index (χ4n) is 2.18. The average molecular weight is 138 g/mol. The van der Waals surface area contributed by atoms with E-state index in [-0.39, 0.29) is 11.6 Å². The van der Waals surface area contributed by atoms with Gasteiger partial charge in [-0.3, -0.25) is 9.59 Å². The molecule has 0 radical (unpaired) electrons. The minimum absolute atomic E-state index is 0.0972. The van der Waals surface area contributed by atoms with Crippen molar-refractivity contribution in [3.63, 3.8) is 0 Å². The quantitative estimate of drug-likeness (QED) is 0.505. The van der Waals surface area contributed by atoms with Gasteiger partial charge in [-0.15, -0.1) is 0 Å². The van der Waals surface area contributed by atoms with Crippen LogP contribution in [0.5, 0.6) is 0 Å². The van der Waals surface area contributed by atoms with Gasteiger partial charge in [-0.05, 0) is 25.7 Å². The Morgan fingerprint density at radius 1 is 1.70 bits per heavy atom. The van der Waals surface area contributed by atoms with Crippen LogP contribution in [-0.2, 0) is 9.59 Å². The van der Waals surface area contributed by atoms with Crippen LogP contribution in [0, 0.1) is 11.3 Å². The Morgan fingerprint density at radius 3 is 2.60 bits per heavy atom. The average Bonchev–Trinajstić information content (AvgIpc) is 2.52. The SMILES string of the molecule is CC(=O)[C@@]12C[C@@H]1CCC2=O. The lowest BCUT2D eigenvalue weighted by atomic mass is 9.98. The molecule has 0 aromatic carbocycles. The zero-order chi connectivity index (χ0) is 7.35. The summed E-state index contributed by atoms with van der Waals surface area (Å²) in [6.45, 7) is 1.54. The molecule has 2 atom stereocenters. The van der Waals surface area contributed by atoms with Gasteiger partial charge < -0.3 is 0 Å². The number of hydrogen-bond donors (Lipinski definition) is 0. The first-order valence-corrected chi connectivity index (χ1v) is 3.72.